The summed E-state index contributed by atoms with van der Waals surface area (Å²) in [5.41, 5.74) is 1.02. The first-order valence-corrected chi connectivity index (χ1v) is 9.92. The lowest BCUT2D eigenvalue weighted by Gasteiger charge is -2.16. The average Bonchev–Trinajstić information content (AvgIpc) is 3.14. The van der Waals surface area contributed by atoms with Crippen molar-refractivity contribution >= 4 is 10.0 Å². The summed E-state index contributed by atoms with van der Waals surface area (Å²) in [6.07, 6.45) is 0.344. The fourth-order valence-corrected chi connectivity index (χ4v) is 3.65. The number of aryl methyl sites for hydroxylation is 1. The molecule has 0 aliphatic heterocycles. The van der Waals surface area contributed by atoms with Crippen molar-refractivity contribution in [1.82, 2.24) is 14.4 Å². The Morgan fingerprint density at radius 3 is 2.52 bits per heavy atom. The highest BCUT2D eigenvalue weighted by Gasteiger charge is 2.20. The van der Waals surface area contributed by atoms with E-state index in [1.165, 1.54) is 11.4 Å². The molecule has 3 rings (SSSR count). The molecular formula is C19H21N3O4S. The highest BCUT2D eigenvalue weighted by atomic mass is 32.2. The Bertz CT molecular complexity index is 987. The molecule has 0 amide bonds. The standard InChI is InChI=1S/C19H21N3O4S/c1-15-8-6-7-11-17(15)25-14-19-20-18(21-26-19)12-13-22(2)27(23,24)16-9-4-3-5-10-16/h3-11H,12-14H2,1-2H3. The van der Waals surface area contributed by atoms with Crippen molar-refractivity contribution in [3.63, 3.8) is 0 Å². The van der Waals surface area contributed by atoms with Crippen LogP contribution in [-0.4, -0.2) is 36.5 Å². The minimum atomic E-state index is -3.53. The van der Waals surface area contributed by atoms with Crippen LogP contribution >= 0.6 is 0 Å². The van der Waals surface area contributed by atoms with Gasteiger partial charge in [-0.1, -0.05) is 41.6 Å². The number of rotatable bonds is 8. The van der Waals surface area contributed by atoms with Gasteiger partial charge in [-0.2, -0.15) is 4.98 Å². The van der Waals surface area contributed by atoms with Gasteiger partial charge in [0, 0.05) is 20.0 Å². The zero-order valence-corrected chi connectivity index (χ0v) is 16.0. The van der Waals surface area contributed by atoms with Crippen LogP contribution in [0.15, 0.2) is 64.0 Å². The molecule has 27 heavy (non-hydrogen) atoms. The van der Waals surface area contributed by atoms with E-state index in [1.54, 1.807) is 30.3 Å². The molecule has 0 bridgehead atoms. The molecule has 0 spiro atoms. The fourth-order valence-electron chi connectivity index (χ4n) is 2.46. The predicted molar refractivity (Wildman–Crippen MR) is 99.8 cm³/mol. The maximum Gasteiger partial charge on any atom is 0.264 e. The van der Waals surface area contributed by atoms with Gasteiger partial charge in [-0.25, -0.2) is 12.7 Å². The van der Waals surface area contributed by atoms with Crippen molar-refractivity contribution in [2.75, 3.05) is 13.6 Å². The average molecular weight is 387 g/mol. The Hall–Kier alpha value is -2.71. The fraction of sp³-hybridized carbons (Fsp3) is 0.263. The smallest absolute Gasteiger partial charge is 0.264 e. The molecule has 0 saturated heterocycles. The minimum Gasteiger partial charge on any atom is -0.483 e. The number of benzene rings is 2. The first-order chi connectivity index (χ1) is 13.0. The molecule has 1 heterocycles. The molecular weight excluding hydrogens is 366 g/mol. The molecule has 0 N–H and O–H groups in total. The summed E-state index contributed by atoms with van der Waals surface area (Å²) in [6.45, 7) is 2.36. The maximum atomic E-state index is 12.5. The quantitative estimate of drug-likeness (QED) is 0.591. The number of aromatic nitrogens is 2. The van der Waals surface area contributed by atoms with Crippen molar-refractivity contribution in [3.05, 3.63) is 71.9 Å². The Morgan fingerprint density at radius 1 is 1.07 bits per heavy atom. The van der Waals surface area contributed by atoms with Crippen molar-refractivity contribution in [3.8, 4) is 5.75 Å². The lowest BCUT2D eigenvalue weighted by atomic mass is 10.2. The molecule has 142 valence electrons. The third-order valence-electron chi connectivity index (χ3n) is 4.06. The normalized spacial score (nSPS) is 11.7. The van der Waals surface area contributed by atoms with Crippen LogP contribution in [0.25, 0.3) is 0 Å². The van der Waals surface area contributed by atoms with E-state index < -0.39 is 10.0 Å². The summed E-state index contributed by atoms with van der Waals surface area (Å²) in [7, 11) is -2.00. The molecule has 0 aliphatic carbocycles. The van der Waals surface area contributed by atoms with Crippen LogP contribution < -0.4 is 4.74 Å². The van der Waals surface area contributed by atoms with Gasteiger partial charge in [0.25, 0.3) is 5.89 Å². The van der Waals surface area contributed by atoms with Crippen molar-refractivity contribution in [2.45, 2.75) is 24.8 Å². The Kier molecular flexibility index (Phi) is 5.88. The van der Waals surface area contributed by atoms with Crippen LogP contribution in [0.4, 0.5) is 0 Å². The van der Waals surface area contributed by atoms with E-state index in [0.29, 0.717) is 18.1 Å². The molecule has 0 unspecified atom stereocenters. The molecule has 0 fully saturated rings. The number of hydrogen-bond donors (Lipinski definition) is 0. The monoisotopic (exact) mass is 387 g/mol. The van der Waals surface area contributed by atoms with Crippen LogP contribution in [0.5, 0.6) is 5.75 Å². The molecule has 7 nitrogen and oxygen atoms in total. The first-order valence-electron chi connectivity index (χ1n) is 8.48. The topological polar surface area (TPSA) is 85.5 Å². The van der Waals surface area contributed by atoms with Gasteiger partial charge in [0.05, 0.1) is 4.90 Å². The third-order valence-corrected chi connectivity index (χ3v) is 5.93. The van der Waals surface area contributed by atoms with Crippen LogP contribution in [-0.2, 0) is 23.1 Å². The van der Waals surface area contributed by atoms with Crippen molar-refractivity contribution < 1.29 is 17.7 Å². The number of sulfonamides is 1. The zero-order chi connectivity index (χ0) is 19.3. The van der Waals surface area contributed by atoms with Gasteiger partial charge in [-0.3, -0.25) is 0 Å². The molecule has 0 radical (unpaired) electrons. The van der Waals surface area contributed by atoms with Crippen LogP contribution in [0.3, 0.4) is 0 Å². The molecule has 8 heteroatoms. The second kappa shape index (κ2) is 8.32. The van der Waals surface area contributed by atoms with Gasteiger partial charge in [0.1, 0.15) is 5.75 Å². The number of hydrogen-bond acceptors (Lipinski definition) is 6. The van der Waals surface area contributed by atoms with Crippen LogP contribution in [0.1, 0.15) is 17.3 Å². The zero-order valence-electron chi connectivity index (χ0n) is 15.2. The summed E-state index contributed by atoms with van der Waals surface area (Å²) < 4.78 is 37.1. The predicted octanol–water partition coefficient (Wildman–Crippen LogP) is 2.82. The Labute approximate surface area is 158 Å². The number of likely N-dealkylation sites (N-methyl/N-ethyl adjacent to an activating group) is 1. The van der Waals surface area contributed by atoms with Gasteiger partial charge >= 0.3 is 0 Å². The van der Waals surface area contributed by atoms with Gasteiger partial charge in [-0.15, -0.1) is 0 Å². The molecule has 0 saturated carbocycles. The molecule has 2 aromatic carbocycles. The van der Waals surface area contributed by atoms with E-state index in [4.69, 9.17) is 9.26 Å². The lowest BCUT2D eigenvalue weighted by Crippen LogP contribution is -2.29. The second-order valence-electron chi connectivity index (χ2n) is 6.05. The Balaban J connectivity index is 1.56. The SMILES string of the molecule is Cc1ccccc1OCc1nc(CCN(C)S(=O)(=O)c2ccccc2)no1. The van der Waals surface area contributed by atoms with E-state index in [-0.39, 0.29) is 18.0 Å². The molecule has 0 aliphatic rings. The van der Waals surface area contributed by atoms with E-state index >= 15 is 0 Å². The van der Waals surface area contributed by atoms with Gasteiger partial charge in [-0.05, 0) is 30.7 Å². The number of para-hydroxylation sites is 1. The third kappa shape index (κ3) is 4.72. The lowest BCUT2D eigenvalue weighted by molar-refractivity contribution is 0.241. The summed E-state index contributed by atoms with van der Waals surface area (Å²) in [4.78, 5) is 4.51. The number of ether oxygens (including phenoxy) is 1. The van der Waals surface area contributed by atoms with E-state index in [1.807, 2.05) is 31.2 Å². The van der Waals surface area contributed by atoms with Gasteiger partial charge in [0.2, 0.25) is 10.0 Å². The highest BCUT2D eigenvalue weighted by molar-refractivity contribution is 7.89. The largest absolute Gasteiger partial charge is 0.483 e. The summed E-state index contributed by atoms with van der Waals surface area (Å²) in [5, 5.41) is 3.89. The van der Waals surface area contributed by atoms with Crippen LogP contribution in [0.2, 0.25) is 0 Å². The van der Waals surface area contributed by atoms with Crippen molar-refractivity contribution in [1.29, 1.82) is 0 Å². The summed E-state index contributed by atoms with van der Waals surface area (Å²) in [5.74, 6) is 1.54. The van der Waals surface area contributed by atoms with Gasteiger partial charge < -0.3 is 9.26 Å². The van der Waals surface area contributed by atoms with Gasteiger partial charge in [0.15, 0.2) is 12.4 Å². The van der Waals surface area contributed by atoms with Crippen LogP contribution in [0, 0.1) is 6.92 Å². The highest BCUT2D eigenvalue weighted by Crippen LogP contribution is 2.18. The molecule has 3 aromatic rings. The van der Waals surface area contributed by atoms with E-state index in [0.717, 1.165) is 11.3 Å². The summed E-state index contributed by atoms with van der Waals surface area (Å²) in [6, 6.07) is 16.0. The number of nitrogens with zero attached hydrogens (tertiary/aromatic N) is 3. The molecule has 0 atom stereocenters. The summed E-state index contributed by atoms with van der Waals surface area (Å²) >= 11 is 0. The molecule has 1 aromatic heterocycles. The van der Waals surface area contributed by atoms with E-state index in [9.17, 15) is 8.42 Å². The Morgan fingerprint density at radius 2 is 1.78 bits per heavy atom. The maximum absolute atomic E-state index is 12.5. The minimum absolute atomic E-state index is 0.163. The first kappa shape index (κ1) is 19.1. The second-order valence-corrected chi connectivity index (χ2v) is 8.09. The van der Waals surface area contributed by atoms with E-state index in [2.05, 4.69) is 10.1 Å². The van der Waals surface area contributed by atoms with Crippen molar-refractivity contribution in [2.24, 2.45) is 0 Å².